The van der Waals surface area contributed by atoms with Crippen molar-refractivity contribution in [2.45, 2.75) is 20.4 Å². The van der Waals surface area contributed by atoms with E-state index in [9.17, 15) is 4.79 Å². The number of imidazole rings is 1. The number of aromatic amines is 1. The molecule has 5 heteroatoms. The van der Waals surface area contributed by atoms with Gasteiger partial charge in [-0.3, -0.25) is 4.79 Å². The number of pyridine rings is 1. The van der Waals surface area contributed by atoms with E-state index in [1.54, 1.807) is 18.6 Å². The summed E-state index contributed by atoms with van der Waals surface area (Å²) in [6, 6.07) is 3.71. The Hall–Kier alpha value is -2.17. The van der Waals surface area contributed by atoms with E-state index in [2.05, 4.69) is 20.3 Å². The van der Waals surface area contributed by atoms with E-state index in [1.165, 1.54) is 0 Å². The lowest BCUT2D eigenvalue weighted by Crippen LogP contribution is -2.24. The summed E-state index contributed by atoms with van der Waals surface area (Å²) < 4.78 is 0. The van der Waals surface area contributed by atoms with E-state index in [1.807, 2.05) is 19.9 Å². The average molecular weight is 230 g/mol. The monoisotopic (exact) mass is 230 g/mol. The maximum absolute atomic E-state index is 11.8. The summed E-state index contributed by atoms with van der Waals surface area (Å²) in [6.45, 7) is 4.24. The van der Waals surface area contributed by atoms with Crippen LogP contribution < -0.4 is 5.32 Å². The van der Waals surface area contributed by atoms with Crippen LogP contribution in [0.4, 0.5) is 0 Å². The molecule has 0 bridgehead atoms. The van der Waals surface area contributed by atoms with Crippen molar-refractivity contribution in [3.8, 4) is 0 Å². The predicted octanol–water partition coefficient (Wildman–Crippen LogP) is 1.35. The van der Waals surface area contributed by atoms with Crippen LogP contribution in [0.3, 0.4) is 0 Å². The van der Waals surface area contributed by atoms with Crippen molar-refractivity contribution in [3.63, 3.8) is 0 Å². The molecule has 2 N–H and O–H groups in total. The van der Waals surface area contributed by atoms with Crippen molar-refractivity contribution >= 4 is 5.91 Å². The number of carbonyl (C=O) groups is 1. The van der Waals surface area contributed by atoms with Gasteiger partial charge in [-0.15, -0.1) is 0 Å². The van der Waals surface area contributed by atoms with Crippen molar-refractivity contribution in [1.29, 1.82) is 0 Å². The van der Waals surface area contributed by atoms with Gasteiger partial charge < -0.3 is 10.3 Å². The number of aryl methyl sites for hydroxylation is 2. The minimum absolute atomic E-state index is 0.175. The van der Waals surface area contributed by atoms with Crippen molar-refractivity contribution in [1.82, 2.24) is 20.3 Å². The van der Waals surface area contributed by atoms with Gasteiger partial charge in [0.05, 0.1) is 18.6 Å². The Balaban J connectivity index is 2.04. The summed E-state index contributed by atoms with van der Waals surface area (Å²) in [6.07, 6.45) is 3.26. The molecule has 2 aromatic heterocycles. The Bertz CT molecular complexity index is 499. The van der Waals surface area contributed by atoms with Gasteiger partial charge in [-0.2, -0.15) is 0 Å². The zero-order chi connectivity index (χ0) is 12.3. The number of nitrogens with one attached hydrogen (secondary N) is 2. The molecule has 2 rings (SSSR count). The number of hydrogen-bond donors (Lipinski definition) is 2. The molecule has 0 unspecified atom stereocenters. The molecule has 0 atom stereocenters. The van der Waals surface area contributed by atoms with E-state index >= 15 is 0 Å². The largest absolute Gasteiger partial charge is 0.347 e. The molecule has 2 heterocycles. The first-order valence-corrected chi connectivity index (χ1v) is 5.36. The molecule has 0 saturated heterocycles. The highest BCUT2D eigenvalue weighted by Gasteiger charge is 2.08. The molecule has 5 nitrogen and oxygen atoms in total. The van der Waals surface area contributed by atoms with Crippen LogP contribution in [0.1, 0.15) is 27.4 Å². The van der Waals surface area contributed by atoms with Gasteiger partial charge in [-0.1, -0.05) is 0 Å². The van der Waals surface area contributed by atoms with Crippen molar-refractivity contribution in [3.05, 3.63) is 47.3 Å². The van der Waals surface area contributed by atoms with Gasteiger partial charge in [0.1, 0.15) is 5.69 Å². The van der Waals surface area contributed by atoms with Crippen molar-refractivity contribution in [2.75, 3.05) is 0 Å². The van der Waals surface area contributed by atoms with E-state index < -0.39 is 0 Å². The molecule has 0 aromatic carbocycles. The quantitative estimate of drug-likeness (QED) is 0.836. The molecular formula is C12H14N4O. The fourth-order valence-electron chi connectivity index (χ4n) is 1.61. The molecule has 1 amide bonds. The topological polar surface area (TPSA) is 70.7 Å². The highest BCUT2D eigenvalue weighted by molar-refractivity contribution is 5.92. The van der Waals surface area contributed by atoms with E-state index in [0.29, 0.717) is 12.2 Å². The second kappa shape index (κ2) is 4.78. The lowest BCUT2D eigenvalue weighted by atomic mass is 10.2. The lowest BCUT2D eigenvalue weighted by Gasteiger charge is -2.05. The highest BCUT2D eigenvalue weighted by atomic mass is 16.1. The van der Waals surface area contributed by atoms with Gasteiger partial charge in [-0.05, 0) is 31.5 Å². The molecule has 0 spiro atoms. The number of nitrogens with zero attached hydrogens (tertiary/aromatic N) is 2. The number of H-pyrrole nitrogens is 1. The Labute approximate surface area is 99.3 Å². The molecule has 17 heavy (non-hydrogen) atoms. The third-order valence-electron chi connectivity index (χ3n) is 2.32. The fraction of sp³-hybridized carbons (Fsp3) is 0.250. The lowest BCUT2D eigenvalue weighted by molar-refractivity contribution is 0.0945. The van der Waals surface area contributed by atoms with Crippen LogP contribution >= 0.6 is 0 Å². The molecule has 2 aromatic rings. The molecule has 0 aliphatic rings. The first kappa shape index (κ1) is 11.3. The summed E-state index contributed by atoms with van der Waals surface area (Å²) in [5.41, 5.74) is 3.19. The molecule has 88 valence electrons. The molecule has 0 fully saturated rings. The van der Waals surface area contributed by atoms with Crippen LogP contribution in [0.15, 0.2) is 24.7 Å². The van der Waals surface area contributed by atoms with Crippen LogP contribution in [0.25, 0.3) is 0 Å². The van der Waals surface area contributed by atoms with Gasteiger partial charge in [0.2, 0.25) is 0 Å². The normalized spacial score (nSPS) is 10.2. The molecule has 0 radical (unpaired) electrons. The zero-order valence-electron chi connectivity index (χ0n) is 9.82. The minimum Gasteiger partial charge on any atom is -0.347 e. The molecular weight excluding hydrogens is 216 g/mol. The Kier molecular flexibility index (Phi) is 3.18. The minimum atomic E-state index is -0.175. The fourth-order valence-corrected chi connectivity index (χ4v) is 1.61. The number of aromatic nitrogens is 3. The summed E-state index contributed by atoms with van der Waals surface area (Å²) in [7, 11) is 0. The van der Waals surface area contributed by atoms with Crippen molar-refractivity contribution in [2.24, 2.45) is 0 Å². The third-order valence-corrected chi connectivity index (χ3v) is 2.32. The van der Waals surface area contributed by atoms with Crippen LogP contribution in [-0.4, -0.2) is 20.9 Å². The number of amides is 1. The second-order valence-electron chi connectivity index (χ2n) is 3.93. The van der Waals surface area contributed by atoms with Gasteiger partial charge in [0.15, 0.2) is 0 Å². The van der Waals surface area contributed by atoms with Gasteiger partial charge in [-0.25, -0.2) is 9.97 Å². The summed E-state index contributed by atoms with van der Waals surface area (Å²) >= 11 is 0. The Morgan fingerprint density at radius 2 is 2.24 bits per heavy atom. The predicted molar refractivity (Wildman–Crippen MR) is 63.5 cm³/mol. The first-order valence-electron chi connectivity index (χ1n) is 5.36. The number of carbonyl (C=O) groups excluding carboxylic acids is 1. The van der Waals surface area contributed by atoms with Gasteiger partial charge in [0.25, 0.3) is 5.91 Å². The zero-order valence-corrected chi connectivity index (χ0v) is 9.82. The van der Waals surface area contributed by atoms with Crippen LogP contribution in [-0.2, 0) is 6.54 Å². The standard InChI is InChI=1S/C12H14N4O/c1-8-3-9(2)16-11(4-8)12(17)14-6-10-5-13-7-15-10/h3-5,7H,6H2,1-2H3,(H,13,15)(H,14,17). The highest BCUT2D eigenvalue weighted by Crippen LogP contribution is 2.04. The van der Waals surface area contributed by atoms with Crippen LogP contribution in [0, 0.1) is 13.8 Å². The maximum atomic E-state index is 11.8. The second-order valence-corrected chi connectivity index (χ2v) is 3.93. The maximum Gasteiger partial charge on any atom is 0.270 e. The van der Waals surface area contributed by atoms with Gasteiger partial charge in [0, 0.05) is 11.9 Å². The van der Waals surface area contributed by atoms with Crippen LogP contribution in [0.5, 0.6) is 0 Å². The van der Waals surface area contributed by atoms with Gasteiger partial charge >= 0.3 is 0 Å². The van der Waals surface area contributed by atoms with Crippen molar-refractivity contribution < 1.29 is 4.79 Å². The molecule has 0 aliphatic heterocycles. The number of rotatable bonds is 3. The smallest absolute Gasteiger partial charge is 0.270 e. The van der Waals surface area contributed by atoms with E-state index in [4.69, 9.17) is 0 Å². The molecule has 0 aliphatic carbocycles. The first-order chi connectivity index (χ1) is 8.15. The summed E-state index contributed by atoms with van der Waals surface area (Å²) in [4.78, 5) is 22.8. The molecule has 0 saturated carbocycles. The van der Waals surface area contributed by atoms with Crippen LogP contribution in [0.2, 0.25) is 0 Å². The third kappa shape index (κ3) is 2.90. The SMILES string of the molecule is Cc1cc(C)nc(C(=O)NCc2cnc[nH]2)c1. The number of hydrogen-bond acceptors (Lipinski definition) is 3. The van der Waals surface area contributed by atoms with E-state index in [-0.39, 0.29) is 5.91 Å². The summed E-state index contributed by atoms with van der Waals surface area (Å²) in [5, 5.41) is 2.78. The Morgan fingerprint density at radius 1 is 1.41 bits per heavy atom. The van der Waals surface area contributed by atoms with E-state index in [0.717, 1.165) is 17.0 Å². The average Bonchev–Trinajstić information content (AvgIpc) is 2.77. The Morgan fingerprint density at radius 3 is 2.88 bits per heavy atom. The summed E-state index contributed by atoms with van der Waals surface area (Å²) in [5.74, 6) is -0.175.